The summed E-state index contributed by atoms with van der Waals surface area (Å²) in [6.07, 6.45) is 6.71. The van der Waals surface area contributed by atoms with Crippen molar-refractivity contribution < 1.29 is 18.3 Å². The fraction of sp³-hybridized carbons (Fsp3) is 0.923. The monoisotopic (exact) mass is 291 g/mol. The van der Waals surface area contributed by atoms with Crippen LogP contribution < -0.4 is 0 Å². The average molecular weight is 291 g/mol. The second kappa shape index (κ2) is 6.70. The van der Waals surface area contributed by atoms with E-state index in [2.05, 4.69) is 0 Å². The minimum atomic E-state index is -3.00. The highest BCUT2D eigenvalue weighted by molar-refractivity contribution is 7.90. The molecule has 0 radical (unpaired) electrons. The Hall–Kier alpha value is -0.620. The van der Waals surface area contributed by atoms with Crippen LogP contribution >= 0.6 is 0 Å². The molecule has 0 heterocycles. The number of nitrogens with zero attached hydrogens (tertiary/aromatic N) is 1. The first kappa shape index (κ1) is 16.4. The lowest BCUT2D eigenvalue weighted by Gasteiger charge is -2.32. The van der Waals surface area contributed by atoms with Gasteiger partial charge in [0.25, 0.3) is 0 Å². The SMILES string of the molecule is CN(CCS(C)(=O)=O)CC1(C(=O)O)CCCCCC1. The van der Waals surface area contributed by atoms with E-state index in [1.165, 1.54) is 6.26 Å². The molecule has 1 N–H and O–H groups in total. The van der Waals surface area contributed by atoms with Crippen molar-refractivity contribution in [2.24, 2.45) is 5.41 Å². The van der Waals surface area contributed by atoms with E-state index in [-0.39, 0.29) is 5.75 Å². The second-order valence-corrected chi connectivity index (χ2v) is 8.13. The molecule has 0 atom stereocenters. The molecule has 1 aliphatic carbocycles. The number of rotatable bonds is 6. The first-order valence-electron chi connectivity index (χ1n) is 6.85. The van der Waals surface area contributed by atoms with Crippen LogP contribution in [0.4, 0.5) is 0 Å². The highest BCUT2D eigenvalue weighted by atomic mass is 32.2. The lowest BCUT2D eigenvalue weighted by atomic mass is 9.80. The van der Waals surface area contributed by atoms with Gasteiger partial charge in [0.05, 0.1) is 11.2 Å². The molecule has 5 nitrogen and oxygen atoms in total. The second-order valence-electron chi connectivity index (χ2n) is 5.87. The normalized spacial score (nSPS) is 20.2. The van der Waals surface area contributed by atoms with Crippen molar-refractivity contribution >= 4 is 15.8 Å². The van der Waals surface area contributed by atoms with Crippen molar-refractivity contribution in [3.05, 3.63) is 0 Å². The molecule has 112 valence electrons. The Kier molecular flexibility index (Phi) is 5.80. The molecule has 0 saturated heterocycles. The van der Waals surface area contributed by atoms with E-state index in [0.717, 1.165) is 25.7 Å². The van der Waals surface area contributed by atoms with Gasteiger partial charge in [0.1, 0.15) is 9.84 Å². The first-order chi connectivity index (χ1) is 8.75. The topological polar surface area (TPSA) is 74.7 Å². The van der Waals surface area contributed by atoms with E-state index in [0.29, 0.717) is 25.9 Å². The van der Waals surface area contributed by atoms with Gasteiger partial charge in [0, 0.05) is 19.3 Å². The summed E-state index contributed by atoms with van der Waals surface area (Å²) in [7, 11) is -1.19. The van der Waals surface area contributed by atoms with Gasteiger partial charge in [-0.2, -0.15) is 0 Å². The predicted molar refractivity (Wildman–Crippen MR) is 75.0 cm³/mol. The molecule has 19 heavy (non-hydrogen) atoms. The van der Waals surface area contributed by atoms with E-state index in [1.807, 2.05) is 4.90 Å². The Labute approximate surface area is 115 Å². The molecule has 0 aromatic rings. The van der Waals surface area contributed by atoms with E-state index in [4.69, 9.17) is 0 Å². The molecule has 1 fully saturated rings. The van der Waals surface area contributed by atoms with Gasteiger partial charge >= 0.3 is 5.97 Å². The summed E-state index contributed by atoms with van der Waals surface area (Å²) in [5.41, 5.74) is -0.692. The Morgan fingerprint density at radius 2 is 1.74 bits per heavy atom. The first-order valence-corrected chi connectivity index (χ1v) is 8.91. The summed E-state index contributed by atoms with van der Waals surface area (Å²) in [5.74, 6) is -0.653. The number of hydrogen-bond donors (Lipinski definition) is 1. The van der Waals surface area contributed by atoms with Gasteiger partial charge in [-0.15, -0.1) is 0 Å². The van der Waals surface area contributed by atoms with Crippen LogP contribution in [0.15, 0.2) is 0 Å². The highest BCUT2D eigenvalue weighted by Gasteiger charge is 2.39. The van der Waals surface area contributed by atoms with E-state index in [1.54, 1.807) is 7.05 Å². The zero-order valence-electron chi connectivity index (χ0n) is 11.9. The third-order valence-corrected chi connectivity index (χ3v) is 4.85. The summed E-state index contributed by atoms with van der Waals surface area (Å²) in [6.45, 7) is 0.839. The Morgan fingerprint density at radius 3 is 2.16 bits per heavy atom. The maximum absolute atomic E-state index is 11.6. The standard InChI is InChI=1S/C13H25NO4S/c1-14(9-10-19(2,17)18)11-13(12(15)16)7-5-3-4-6-8-13/h3-11H2,1-2H3,(H,15,16). The van der Waals surface area contributed by atoms with Crippen LogP contribution in [0, 0.1) is 5.41 Å². The number of carboxylic acids is 1. The van der Waals surface area contributed by atoms with E-state index < -0.39 is 21.2 Å². The van der Waals surface area contributed by atoms with Gasteiger partial charge in [-0.1, -0.05) is 25.7 Å². The van der Waals surface area contributed by atoms with Crippen molar-refractivity contribution in [3.8, 4) is 0 Å². The van der Waals surface area contributed by atoms with Crippen LogP contribution in [0.3, 0.4) is 0 Å². The number of hydrogen-bond acceptors (Lipinski definition) is 4. The van der Waals surface area contributed by atoms with Crippen LogP contribution in [0.25, 0.3) is 0 Å². The van der Waals surface area contributed by atoms with Gasteiger partial charge < -0.3 is 10.0 Å². The maximum Gasteiger partial charge on any atom is 0.310 e. The van der Waals surface area contributed by atoms with Crippen molar-refractivity contribution in [2.45, 2.75) is 38.5 Å². The number of sulfone groups is 1. The van der Waals surface area contributed by atoms with Crippen LogP contribution in [0.2, 0.25) is 0 Å². The molecule has 0 spiro atoms. The molecule has 1 aliphatic rings. The lowest BCUT2D eigenvalue weighted by molar-refractivity contribution is -0.151. The maximum atomic E-state index is 11.6. The molecule has 1 rings (SSSR count). The molecule has 0 aromatic heterocycles. The average Bonchev–Trinajstić information content (AvgIpc) is 2.52. The summed E-state index contributed by atoms with van der Waals surface area (Å²) >= 11 is 0. The molecular formula is C13H25NO4S. The fourth-order valence-corrected chi connectivity index (χ4v) is 3.41. The van der Waals surface area contributed by atoms with Crippen LogP contribution in [-0.2, 0) is 14.6 Å². The van der Waals surface area contributed by atoms with Crippen LogP contribution in [-0.4, -0.2) is 56.5 Å². The largest absolute Gasteiger partial charge is 0.481 e. The molecule has 0 unspecified atom stereocenters. The molecular weight excluding hydrogens is 266 g/mol. The third kappa shape index (κ3) is 5.48. The summed E-state index contributed by atoms with van der Waals surface area (Å²) in [6, 6.07) is 0. The third-order valence-electron chi connectivity index (χ3n) is 3.93. The molecule has 6 heteroatoms. The van der Waals surface area contributed by atoms with Gasteiger partial charge in [-0.3, -0.25) is 4.79 Å². The van der Waals surface area contributed by atoms with Gasteiger partial charge in [0.2, 0.25) is 0 Å². The Bertz CT molecular complexity index is 397. The molecule has 0 amide bonds. The summed E-state index contributed by atoms with van der Waals surface area (Å²) < 4.78 is 22.3. The van der Waals surface area contributed by atoms with Crippen molar-refractivity contribution in [1.82, 2.24) is 4.90 Å². The zero-order chi connectivity index (χ0) is 14.5. The van der Waals surface area contributed by atoms with Crippen molar-refractivity contribution in [3.63, 3.8) is 0 Å². The van der Waals surface area contributed by atoms with Gasteiger partial charge in [-0.25, -0.2) is 8.42 Å². The van der Waals surface area contributed by atoms with Gasteiger partial charge in [-0.05, 0) is 19.9 Å². The zero-order valence-corrected chi connectivity index (χ0v) is 12.7. The summed E-state index contributed by atoms with van der Waals surface area (Å²) in [5, 5.41) is 9.55. The molecule has 0 aliphatic heterocycles. The predicted octanol–water partition coefficient (Wildman–Crippen LogP) is 1.39. The number of carboxylic acid groups (broad SMARTS) is 1. The summed E-state index contributed by atoms with van der Waals surface area (Å²) in [4.78, 5) is 13.5. The van der Waals surface area contributed by atoms with Crippen molar-refractivity contribution in [2.75, 3.05) is 32.1 Å². The van der Waals surface area contributed by atoms with Crippen molar-refractivity contribution in [1.29, 1.82) is 0 Å². The number of carbonyl (C=O) groups is 1. The minimum Gasteiger partial charge on any atom is -0.481 e. The minimum absolute atomic E-state index is 0.0825. The Balaban J connectivity index is 2.64. The smallest absolute Gasteiger partial charge is 0.310 e. The van der Waals surface area contributed by atoms with E-state index >= 15 is 0 Å². The quantitative estimate of drug-likeness (QED) is 0.749. The molecule has 0 bridgehead atoms. The van der Waals surface area contributed by atoms with Gasteiger partial charge in [0.15, 0.2) is 0 Å². The highest BCUT2D eigenvalue weighted by Crippen LogP contribution is 2.36. The fourth-order valence-electron chi connectivity index (χ4n) is 2.76. The van der Waals surface area contributed by atoms with E-state index in [9.17, 15) is 18.3 Å². The van der Waals surface area contributed by atoms with Crippen LogP contribution in [0.1, 0.15) is 38.5 Å². The lowest BCUT2D eigenvalue weighted by Crippen LogP contribution is -2.42. The molecule has 0 aromatic carbocycles. The van der Waals surface area contributed by atoms with Crippen LogP contribution in [0.5, 0.6) is 0 Å². The Morgan fingerprint density at radius 1 is 1.21 bits per heavy atom. The molecule has 1 saturated carbocycles. The number of aliphatic carboxylic acids is 1.